The summed E-state index contributed by atoms with van der Waals surface area (Å²) in [6, 6.07) is 11.6. The average molecular weight is 369 g/mol. The molecule has 142 valence electrons. The lowest BCUT2D eigenvalue weighted by Crippen LogP contribution is -2.29. The van der Waals surface area contributed by atoms with Gasteiger partial charge in [0.05, 0.1) is 20.6 Å². The van der Waals surface area contributed by atoms with Gasteiger partial charge in [-0.15, -0.1) is 0 Å². The summed E-state index contributed by atoms with van der Waals surface area (Å²) < 4.78 is 21.7. The Morgan fingerprint density at radius 3 is 2.81 bits per heavy atom. The molecule has 2 aliphatic heterocycles. The van der Waals surface area contributed by atoms with E-state index in [1.807, 2.05) is 35.2 Å². The quantitative estimate of drug-likeness (QED) is 0.811. The summed E-state index contributed by atoms with van der Waals surface area (Å²) >= 11 is 0. The van der Waals surface area contributed by atoms with Gasteiger partial charge >= 0.3 is 0 Å². The highest BCUT2D eigenvalue weighted by atomic mass is 16.7. The molecule has 0 bridgehead atoms. The summed E-state index contributed by atoms with van der Waals surface area (Å²) in [5.74, 6) is 3.29. The molecule has 27 heavy (non-hydrogen) atoms. The predicted octanol–water partition coefficient (Wildman–Crippen LogP) is 2.99. The first-order valence-electron chi connectivity index (χ1n) is 9.06. The number of methoxy groups -OCH3 is 2. The van der Waals surface area contributed by atoms with Gasteiger partial charge in [0, 0.05) is 24.6 Å². The van der Waals surface area contributed by atoms with Crippen molar-refractivity contribution in [2.24, 2.45) is 0 Å². The fourth-order valence-electron chi connectivity index (χ4n) is 3.81. The smallest absolute Gasteiger partial charge is 0.231 e. The molecule has 1 saturated heterocycles. The van der Waals surface area contributed by atoms with Gasteiger partial charge in [-0.3, -0.25) is 4.79 Å². The molecule has 0 aromatic heterocycles. The molecule has 0 saturated carbocycles. The van der Waals surface area contributed by atoms with Crippen molar-refractivity contribution in [2.75, 3.05) is 34.1 Å². The number of amides is 1. The van der Waals surface area contributed by atoms with Crippen LogP contribution in [0.3, 0.4) is 0 Å². The van der Waals surface area contributed by atoms with Crippen LogP contribution in [0.25, 0.3) is 0 Å². The van der Waals surface area contributed by atoms with E-state index in [4.69, 9.17) is 18.9 Å². The summed E-state index contributed by atoms with van der Waals surface area (Å²) in [7, 11) is 3.29. The molecular weight excluding hydrogens is 346 g/mol. The summed E-state index contributed by atoms with van der Waals surface area (Å²) in [6.07, 6.45) is 1.27. The van der Waals surface area contributed by atoms with Crippen LogP contribution in [0, 0.1) is 0 Å². The lowest BCUT2D eigenvalue weighted by atomic mass is 9.97. The van der Waals surface area contributed by atoms with Crippen LogP contribution in [0.1, 0.15) is 23.5 Å². The molecule has 0 N–H and O–H groups in total. The van der Waals surface area contributed by atoms with Crippen LogP contribution in [-0.2, 0) is 11.2 Å². The number of rotatable bonds is 5. The topological polar surface area (TPSA) is 57.2 Å². The van der Waals surface area contributed by atoms with Crippen LogP contribution >= 0.6 is 0 Å². The van der Waals surface area contributed by atoms with Crippen molar-refractivity contribution in [3.63, 3.8) is 0 Å². The highest BCUT2D eigenvalue weighted by Crippen LogP contribution is 2.39. The Labute approximate surface area is 158 Å². The highest BCUT2D eigenvalue weighted by molar-refractivity contribution is 5.79. The first-order valence-corrected chi connectivity index (χ1v) is 9.06. The Kier molecular flexibility index (Phi) is 4.79. The number of carbonyl (C=O) groups is 1. The zero-order chi connectivity index (χ0) is 18.8. The van der Waals surface area contributed by atoms with Crippen LogP contribution in [-0.4, -0.2) is 44.9 Å². The number of fused-ring (bicyclic) bond motifs is 1. The second kappa shape index (κ2) is 7.39. The van der Waals surface area contributed by atoms with Gasteiger partial charge in [0.2, 0.25) is 12.7 Å². The molecule has 1 amide bonds. The summed E-state index contributed by atoms with van der Waals surface area (Å²) in [6.45, 7) is 1.67. The second-order valence-corrected chi connectivity index (χ2v) is 6.77. The first-order chi connectivity index (χ1) is 13.2. The zero-order valence-electron chi connectivity index (χ0n) is 15.6. The Bertz CT molecular complexity index is 850. The van der Waals surface area contributed by atoms with Crippen LogP contribution in [0.5, 0.6) is 23.0 Å². The monoisotopic (exact) mass is 369 g/mol. The molecule has 1 unspecified atom stereocenters. The van der Waals surface area contributed by atoms with Crippen LogP contribution in [0.4, 0.5) is 0 Å². The number of carbonyl (C=O) groups excluding carboxylic acids is 1. The largest absolute Gasteiger partial charge is 0.493 e. The number of hydrogen-bond donors (Lipinski definition) is 0. The molecule has 4 rings (SSSR count). The third-order valence-electron chi connectivity index (χ3n) is 5.21. The zero-order valence-corrected chi connectivity index (χ0v) is 15.6. The van der Waals surface area contributed by atoms with Gasteiger partial charge in [0.15, 0.2) is 23.0 Å². The van der Waals surface area contributed by atoms with E-state index in [2.05, 4.69) is 6.07 Å². The number of para-hydroxylation sites is 1. The number of ether oxygens (including phenoxy) is 4. The van der Waals surface area contributed by atoms with Crippen LogP contribution < -0.4 is 18.9 Å². The summed E-state index contributed by atoms with van der Waals surface area (Å²) in [5.41, 5.74) is 2.03. The lowest BCUT2D eigenvalue weighted by Gasteiger charge is -2.19. The first kappa shape index (κ1) is 17.5. The minimum atomic E-state index is 0.123. The second-order valence-electron chi connectivity index (χ2n) is 6.77. The van der Waals surface area contributed by atoms with Gasteiger partial charge in [-0.25, -0.2) is 0 Å². The molecule has 1 fully saturated rings. The predicted molar refractivity (Wildman–Crippen MR) is 99.8 cm³/mol. The van der Waals surface area contributed by atoms with Gasteiger partial charge in [-0.05, 0) is 30.2 Å². The fourth-order valence-corrected chi connectivity index (χ4v) is 3.81. The molecule has 2 heterocycles. The van der Waals surface area contributed by atoms with Crippen LogP contribution in [0.2, 0.25) is 0 Å². The van der Waals surface area contributed by atoms with Gasteiger partial charge in [-0.1, -0.05) is 18.2 Å². The fraction of sp³-hybridized carbons (Fsp3) is 0.381. The van der Waals surface area contributed by atoms with E-state index in [1.165, 1.54) is 0 Å². The van der Waals surface area contributed by atoms with Gasteiger partial charge in [0.25, 0.3) is 0 Å². The van der Waals surface area contributed by atoms with Crippen molar-refractivity contribution < 1.29 is 23.7 Å². The van der Waals surface area contributed by atoms with E-state index in [-0.39, 0.29) is 18.6 Å². The maximum absolute atomic E-state index is 12.8. The minimum Gasteiger partial charge on any atom is -0.493 e. The Morgan fingerprint density at radius 1 is 1.15 bits per heavy atom. The molecule has 1 atom stereocenters. The molecule has 2 aromatic carbocycles. The third kappa shape index (κ3) is 3.39. The lowest BCUT2D eigenvalue weighted by molar-refractivity contribution is -0.129. The molecule has 6 heteroatoms. The normalized spacial score (nSPS) is 17.9. The van der Waals surface area contributed by atoms with E-state index < -0.39 is 0 Å². The van der Waals surface area contributed by atoms with Crippen molar-refractivity contribution >= 4 is 5.91 Å². The van der Waals surface area contributed by atoms with E-state index in [1.54, 1.807) is 14.2 Å². The molecule has 0 spiro atoms. The summed E-state index contributed by atoms with van der Waals surface area (Å²) in [5, 5.41) is 0. The standard InChI is InChI=1S/C21H23NO5/c1-24-18-5-3-4-16(21(18)25-2)15-8-9-22(12-15)20(23)11-14-6-7-17-19(10-14)27-13-26-17/h3-7,10,15H,8-9,11-13H2,1-2H3. The van der Waals surface area contributed by atoms with E-state index >= 15 is 0 Å². The summed E-state index contributed by atoms with van der Waals surface area (Å²) in [4.78, 5) is 14.7. The molecular formula is C21H23NO5. The van der Waals surface area contributed by atoms with Gasteiger partial charge in [-0.2, -0.15) is 0 Å². The number of hydrogen-bond acceptors (Lipinski definition) is 5. The molecule has 0 radical (unpaired) electrons. The molecule has 6 nitrogen and oxygen atoms in total. The molecule has 0 aliphatic carbocycles. The number of likely N-dealkylation sites (tertiary alicyclic amines) is 1. The van der Waals surface area contributed by atoms with Crippen molar-refractivity contribution in [3.05, 3.63) is 47.5 Å². The van der Waals surface area contributed by atoms with Gasteiger partial charge in [0.1, 0.15) is 0 Å². The maximum atomic E-state index is 12.8. The van der Waals surface area contributed by atoms with Crippen molar-refractivity contribution in [3.8, 4) is 23.0 Å². The highest BCUT2D eigenvalue weighted by Gasteiger charge is 2.30. The third-order valence-corrected chi connectivity index (χ3v) is 5.21. The SMILES string of the molecule is COc1cccc(C2CCN(C(=O)Cc3ccc4c(c3)OCO4)C2)c1OC. The van der Waals surface area contributed by atoms with E-state index in [0.29, 0.717) is 18.7 Å². The van der Waals surface area contributed by atoms with E-state index in [0.717, 1.165) is 41.3 Å². The Hall–Kier alpha value is -2.89. The maximum Gasteiger partial charge on any atom is 0.231 e. The van der Waals surface area contributed by atoms with E-state index in [9.17, 15) is 4.79 Å². The molecule has 2 aromatic rings. The Morgan fingerprint density at radius 2 is 2.00 bits per heavy atom. The molecule has 2 aliphatic rings. The van der Waals surface area contributed by atoms with Crippen molar-refractivity contribution in [1.82, 2.24) is 4.90 Å². The van der Waals surface area contributed by atoms with Gasteiger partial charge < -0.3 is 23.8 Å². The van der Waals surface area contributed by atoms with Crippen molar-refractivity contribution in [1.29, 1.82) is 0 Å². The van der Waals surface area contributed by atoms with Crippen LogP contribution in [0.15, 0.2) is 36.4 Å². The van der Waals surface area contributed by atoms with Crippen molar-refractivity contribution in [2.45, 2.75) is 18.8 Å². The average Bonchev–Trinajstić information content (AvgIpc) is 3.36. The number of nitrogens with zero attached hydrogens (tertiary/aromatic N) is 1. The minimum absolute atomic E-state index is 0.123. The number of benzene rings is 2. The Balaban J connectivity index is 1.44.